The molecule has 1 aliphatic heterocycles. The quantitative estimate of drug-likeness (QED) is 0.883. The Labute approximate surface area is 107 Å². The van der Waals surface area contributed by atoms with Crippen molar-refractivity contribution in [1.29, 1.82) is 5.26 Å². The Morgan fingerprint density at radius 3 is 2.28 bits per heavy atom. The molecule has 96 valence electrons. The molecule has 0 bridgehead atoms. The zero-order valence-electron chi connectivity index (χ0n) is 11.0. The van der Waals surface area contributed by atoms with Crippen LogP contribution in [0.25, 0.3) is 0 Å². The molecule has 0 aromatic heterocycles. The second kappa shape index (κ2) is 4.60. The first kappa shape index (κ1) is 12.9. The Hall–Kier alpha value is -1.57. The molecular formula is C14H18N2O2. The Morgan fingerprint density at radius 2 is 1.94 bits per heavy atom. The number of ether oxygens (including phenoxy) is 2. The van der Waals surface area contributed by atoms with Gasteiger partial charge in [0.1, 0.15) is 11.2 Å². The SMILES string of the molecule is COc1c(C)cc(C(N)C2(C#N)COC2)cc1C. The fourth-order valence-corrected chi connectivity index (χ4v) is 2.44. The fraction of sp³-hybridized carbons (Fsp3) is 0.500. The lowest BCUT2D eigenvalue weighted by molar-refractivity contribution is -0.0910. The highest BCUT2D eigenvalue weighted by atomic mass is 16.5. The predicted molar refractivity (Wildman–Crippen MR) is 68.3 cm³/mol. The first-order valence-electron chi connectivity index (χ1n) is 5.94. The van der Waals surface area contributed by atoms with Gasteiger partial charge >= 0.3 is 0 Å². The number of hydrogen-bond donors (Lipinski definition) is 1. The summed E-state index contributed by atoms with van der Waals surface area (Å²) in [6.07, 6.45) is 0. The molecule has 1 heterocycles. The molecule has 0 aliphatic carbocycles. The molecule has 1 aromatic rings. The van der Waals surface area contributed by atoms with Crippen LogP contribution in [-0.2, 0) is 4.74 Å². The molecule has 2 rings (SSSR count). The molecule has 0 spiro atoms. The number of nitrogens with two attached hydrogens (primary N) is 1. The summed E-state index contributed by atoms with van der Waals surface area (Å²) in [6, 6.07) is 5.97. The minimum Gasteiger partial charge on any atom is -0.496 e. The van der Waals surface area contributed by atoms with Crippen LogP contribution in [0.15, 0.2) is 12.1 Å². The van der Waals surface area contributed by atoms with Crippen LogP contribution in [0.5, 0.6) is 5.75 Å². The van der Waals surface area contributed by atoms with Gasteiger partial charge in [0.15, 0.2) is 0 Å². The predicted octanol–water partition coefficient (Wildman–Crippen LogP) is 1.85. The summed E-state index contributed by atoms with van der Waals surface area (Å²) in [6.45, 7) is 4.79. The van der Waals surface area contributed by atoms with Gasteiger partial charge in [-0.25, -0.2) is 0 Å². The lowest BCUT2D eigenvalue weighted by atomic mass is 9.76. The van der Waals surface area contributed by atoms with Crippen molar-refractivity contribution in [2.45, 2.75) is 19.9 Å². The third-order valence-corrected chi connectivity index (χ3v) is 3.58. The largest absolute Gasteiger partial charge is 0.496 e. The highest BCUT2D eigenvalue weighted by Crippen LogP contribution is 2.40. The average Bonchev–Trinajstić information content (AvgIpc) is 2.27. The average molecular weight is 246 g/mol. The van der Waals surface area contributed by atoms with E-state index in [2.05, 4.69) is 6.07 Å². The Balaban J connectivity index is 2.38. The van der Waals surface area contributed by atoms with E-state index in [9.17, 15) is 5.26 Å². The van der Waals surface area contributed by atoms with Crippen LogP contribution in [0, 0.1) is 30.6 Å². The summed E-state index contributed by atoms with van der Waals surface area (Å²) in [5.41, 5.74) is 8.70. The molecule has 1 aliphatic rings. The van der Waals surface area contributed by atoms with Crippen molar-refractivity contribution in [3.05, 3.63) is 28.8 Å². The van der Waals surface area contributed by atoms with Crippen molar-refractivity contribution in [3.8, 4) is 11.8 Å². The summed E-state index contributed by atoms with van der Waals surface area (Å²) >= 11 is 0. The summed E-state index contributed by atoms with van der Waals surface area (Å²) in [5, 5.41) is 9.27. The van der Waals surface area contributed by atoms with E-state index in [0.29, 0.717) is 13.2 Å². The molecule has 1 fully saturated rings. The third kappa shape index (κ3) is 1.86. The lowest BCUT2D eigenvalue weighted by Gasteiger charge is -2.40. The Kier molecular flexibility index (Phi) is 3.29. The van der Waals surface area contributed by atoms with Gasteiger partial charge < -0.3 is 15.2 Å². The molecule has 4 nitrogen and oxygen atoms in total. The van der Waals surface area contributed by atoms with Crippen LogP contribution >= 0.6 is 0 Å². The van der Waals surface area contributed by atoms with Crippen LogP contribution in [0.3, 0.4) is 0 Å². The van der Waals surface area contributed by atoms with E-state index in [1.54, 1.807) is 7.11 Å². The van der Waals surface area contributed by atoms with Crippen LogP contribution in [0.1, 0.15) is 22.7 Å². The zero-order valence-corrected chi connectivity index (χ0v) is 11.0. The maximum atomic E-state index is 9.27. The number of rotatable bonds is 3. The highest BCUT2D eigenvalue weighted by Gasteiger charge is 2.45. The van der Waals surface area contributed by atoms with Crippen molar-refractivity contribution < 1.29 is 9.47 Å². The lowest BCUT2D eigenvalue weighted by Crippen LogP contribution is -2.49. The standard InChI is InChI=1S/C14H18N2O2/c1-9-4-11(5-10(2)12(9)17-3)13(16)14(6-15)7-18-8-14/h4-5,13H,7-8,16H2,1-3H3. The highest BCUT2D eigenvalue weighted by molar-refractivity contribution is 5.45. The molecule has 0 radical (unpaired) electrons. The first-order valence-corrected chi connectivity index (χ1v) is 5.94. The maximum Gasteiger partial charge on any atom is 0.124 e. The van der Waals surface area contributed by atoms with Crippen molar-refractivity contribution in [3.63, 3.8) is 0 Å². The van der Waals surface area contributed by atoms with E-state index in [1.165, 1.54) is 0 Å². The molecule has 1 atom stereocenters. The topological polar surface area (TPSA) is 68.3 Å². The molecule has 0 saturated carbocycles. The summed E-state index contributed by atoms with van der Waals surface area (Å²) in [7, 11) is 1.66. The molecule has 1 unspecified atom stereocenters. The second-order valence-electron chi connectivity index (χ2n) is 4.93. The fourth-order valence-electron chi connectivity index (χ4n) is 2.44. The van der Waals surface area contributed by atoms with Crippen molar-refractivity contribution >= 4 is 0 Å². The van der Waals surface area contributed by atoms with Gasteiger partial charge in [0, 0.05) is 0 Å². The van der Waals surface area contributed by atoms with E-state index < -0.39 is 5.41 Å². The Bertz CT molecular complexity index is 478. The molecule has 1 aromatic carbocycles. The number of nitrogens with zero attached hydrogens (tertiary/aromatic N) is 1. The minimum absolute atomic E-state index is 0.320. The van der Waals surface area contributed by atoms with Crippen molar-refractivity contribution in [2.24, 2.45) is 11.1 Å². The van der Waals surface area contributed by atoms with E-state index >= 15 is 0 Å². The summed E-state index contributed by atoms with van der Waals surface area (Å²) in [4.78, 5) is 0. The molecule has 1 saturated heterocycles. The zero-order chi connectivity index (χ0) is 13.3. The Morgan fingerprint density at radius 1 is 1.39 bits per heavy atom. The van der Waals surface area contributed by atoms with Crippen LogP contribution in [-0.4, -0.2) is 20.3 Å². The van der Waals surface area contributed by atoms with Gasteiger partial charge in [-0.2, -0.15) is 5.26 Å². The minimum atomic E-state index is -0.576. The van der Waals surface area contributed by atoms with Gasteiger partial charge in [-0.05, 0) is 30.5 Å². The monoisotopic (exact) mass is 246 g/mol. The summed E-state index contributed by atoms with van der Waals surface area (Å²) < 4.78 is 10.5. The van der Waals surface area contributed by atoms with Crippen LogP contribution in [0.2, 0.25) is 0 Å². The van der Waals surface area contributed by atoms with Crippen molar-refractivity contribution in [2.75, 3.05) is 20.3 Å². The second-order valence-corrected chi connectivity index (χ2v) is 4.93. The van der Waals surface area contributed by atoms with Gasteiger partial charge in [-0.1, -0.05) is 12.1 Å². The van der Waals surface area contributed by atoms with Gasteiger partial charge in [0.2, 0.25) is 0 Å². The van der Waals surface area contributed by atoms with E-state index in [1.807, 2.05) is 26.0 Å². The number of methoxy groups -OCH3 is 1. The van der Waals surface area contributed by atoms with Crippen LogP contribution < -0.4 is 10.5 Å². The molecule has 4 heteroatoms. The maximum absolute atomic E-state index is 9.27. The molecule has 2 N–H and O–H groups in total. The summed E-state index contributed by atoms with van der Waals surface area (Å²) in [5.74, 6) is 0.877. The van der Waals surface area contributed by atoms with Gasteiger partial charge in [-0.3, -0.25) is 0 Å². The van der Waals surface area contributed by atoms with E-state index in [0.717, 1.165) is 22.4 Å². The molecule has 0 amide bonds. The first-order chi connectivity index (χ1) is 8.54. The van der Waals surface area contributed by atoms with E-state index in [4.69, 9.17) is 15.2 Å². The van der Waals surface area contributed by atoms with Crippen molar-refractivity contribution in [1.82, 2.24) is 0 Å². The smallest absolute Gasteiger partial charge is 0.124 e. The van der Waals surface area contributed by atoms with Crippen LogP contribution in [0.4, 0.5) is 0 Å². The molecule has 18 heavy (non-hydrogen) atoms. The number of hydrogen-bond acceptors (Lipinski definition) is 4. The molecular weight excluding hydrogens is 228 g/mol. The number of nitriles is 1. The number of aryl methyl sites for hydroxylation is 2. The van der Waals surface area contributed by atoms with Gasteiger partial charge in [0.05, 0.1) is 32.4 Å². The number of benzene rings is 1. The van der Waals surface area contributed by atoms with E-state index in [-0.39, 0.29) is 6.04 Å². The van der Waals surface area contributed by atoms with Gasteiger partial charge in [-0.15, -0.1) is 0 Å². The third-order valence-electron chi connectivity index (χ3n) is 3.58. The van der Waals surface area contributed by atoms with Gasteiger partial charge in [0.25, 0.3) is 0 Å². The normalized spacial score (nSPS) is 18.6.